The zero-order chi connectivity index (χ0) is 12.1. The van der Waals surface area contributed by atoms with E-state index in [4.69, 9.17) is 5.73 Å². The van der Waals surface area contributed by atoms with Gasteiger partial charge in [0, 0.05) is 12.7 Å². The minimum atomic E-state index is -0.252. The van der Waals surface area contributed by atoms with Gasteiger partial charge in [0.05, 0.1) is 12.7 Å². The number of carbonyl (C=O) groups is 1. The molecular formula is C10H12N6O. The van der Waals surface area contributed by atoms with Crippen molar-refractivity contribution in [2.45, 2.75) is 6.54 Å². The lowest BCUT2D eigenvalue weighted by atomic mass is 10.3. The van der Waals surface area contributed by atoms with Crippen LogP contribution in [-0.2, 0) is 6.54 Å². The Morgan fingerprint density at radius 3 is 3.06 bits per heavy atom. The quantitative estimate of drug-likeness (QED) is 0.753. The molecule has 0 aromatic carbocycles. The topological polar surface area (TPSA) is 98.7 Å². The van der Waals surface area contributed by atoms with E-state index in [0.29, 0.717) is 24.6 Å². The first-order valence-corrected chi connectivity index (χ1v) is 5.10. The van der Waals surface area contributed by atoms with Crippen LogP contribution in [0.2, 0.25) is 0 Å². The molecular weight excluding hydrogens is 220 g/mol. The van der Waals surface area contributed by atoms with Crippen molar-refractivity contribution in [1.29, 1.82) is 0 Å². The molecule has 0 atom stereocenters. The summed E-state index contributed by atoms with van der Waals surface area (Å²) in [5, 5.41) is 10.2. The number of carbonyl (C=O) groups excluding carboxylic acids is 1. The Hall–Kier alpha value is -2.44. The predicted molar refractivity (Wildman–Crippen MR) is 61.0 cm³/mol. The maximum atomic E-state index is 11.7. The van der Waals surface area contributed by atoms with Crippen LogP contribution in [-0.4, -0.2) is 32.4 Å². The molecule has 0 radical (unpaired) electrons. The van der Waals surface area contributed by atoms with Crippen LogP contribution in [0.4, 0.5) is 5.82 Å². The normalized spacial score (nSPS) is 10.1. The van der Waals surface area contributed by atoms with Crippen LogP contribution in [0.15, 0.2) is 30.6 Å². The number of hydrogen-bond acceptors (Lipinski definition) is 5. The van der Waals surface area contributed by atoms with Crippen LogP contribution in [0, 0.1) is 0 Å². The molecule has 7 heteroatoms. The monoisotopic (exact) mass is 232 g/mol. The number of rotatable bonds is 4. The Labute approximate surface area is 97.6 Å². The van der Waals surface area contributed by atoms with Crippen molar-refractivity contribution in [2.24, 2.45) is 0 Å². The highest BCUT2D eigenvalue weighted by Crippen LogP contribution is 1.99. The zero-order valence-electron chi connectivity index (χ0n) is 9.08. The average molecular weight is 232 g/mol. The van der Waals surface area contributed by atoms with Gasteiger partial charge in [-0.05, 0) is 12.1 Å². The summed E-state index contributed by atoms with van der Waals surface area (Å²) in [6, 6.07) is 4.93. The first-order chi connectivity index (χ1) is 8.25. The van der Waals surface area contributed by atoms with Gasteiger partial charge in [-0.1, -0.05) is 11.3 Å². The number of amides is 1. The molecule has 0 aliphatic rings. The Morgan fingerprint density at radius 1 is 1.47 bits per heavy atom. The average Bonchev–Trinajstić information content (AvgIpc) is 2.82. The molecule has 0 fully saturated rings. The lowest BCUT2D eigenvalue weighted by Gasteiger charge is -2.04. The fourth-order valence-corrected chi connectivity index (χ4v) is 1.30. The van der Waals surface area contributed by atoms with Gasteiger partial charge < -0.3 is 11.1 Å². The molecule has 0 aliphatic carbocycles. The summed E-state index contributed by atoms with van der Waals surface area (Å²) < 4.78 is 1.63. The predicted octanol–water partition coefficient (Wildman–Crippen LogP) is -0.315. The van der Waals surface area contributed by atoms with Crippen LogP contribution in [0.1, 0.15) is 10.5 Å². The van der Waals surface area contributed by atoms with E-state index < -0.39 is 0 Å². The highest BCUT2D eigenvalue weighted by Gasteiger charge is 2.06. The van der Waals surface area contributed by atoms with Crippen molar-refractivity contribution in [3.8, 4) is 0 Å². The number of anilines is 1. The van der Waals surface area contributed by atoms with E-state index in [1.54, 1.807) is 35.3 Å². The fourth-order valence-electron chi connectivity index (χ4n) is 1.30. The van der Waals surface area contributed by atoms with Crippen LogP contribution in [0.3, 0.4) is 0 Å². The van der Waals surface area contributed by atoms with Crippen molar-refractivity contribution in [3.05, 3.63) is 36.3 Å². The molecule has 0 saturated heterocycles. The number of nitrogen functional groups attached to an aromatic ring is 1. The molecule has 7 nitrogen and oxygen atoms in total. The van der Waals surface area contributed by atoms with Gasteiger partial charge >= 0.3 is 0 Å². The SMILES string of the molecule is Nc1cccc(C(=O)NCCn2ccnn2)n1. The lowest BCUT2D eigenvalue weighted by Crippen LogP contribution is -2.28. The molecule has 2 rings (SSSR count). The Balaban J connectivity index is 1.85. The number of nitrogens with zero attached hydrogens (tertiary/aromatic N) is 4. The number of aromatic nitrogens is 4. The van der Waals surface area contributed by atoms with E-state index in [9.17, 15) is 4.79 Å². The molecule has 3 N–H and O–H groups in total. The van der Waals surface area contributed by atoms with E-state index in [1.807, 2.05) is 0 Å². The van der Waals surface area contributed by atoms with Crippen molar-refractivity contribution < 1.29 is 4.79 Å². The maximum absolute atomic E-state index is 11.7. The van der Waals surface area contributed by atoms with Gasteiger partial charge in [-0.3, -0.25) is 9.48 Å². The van der Waals surface area contributed by atoms with Crippen LogP contribution < -0.4 is 11.1 Å². The molecule has 1 amide bonds. The number of nitrogens with two attached hydrogens (primary N) is 1. The summed E-state index contributed by atoms with van der Waals surface area (Å²) in [5.74, 6) is 0.0753. The van der Waals surface area contributed by atoms with E-state index in [0.717, 1.165) is 0 Å². The van der Waals surface area contributed by atoms with Crippen LogP contribution >= 0.6 is 0 Å². The second-order valence-corrected chi connectivity index (χ2v) is 3.37. The van der Waals surface area contributed by atoms with E-state index >= 15 is 0 Å². The van der Waals surface area contributed by atoms with Gasteiger partial charge in [-0.15, -0.1) is 5.10 Å². The van der Waals surface area contributed by atoms with Gasteiger partial charge in [-0.2, -0.15) is 0 Å². The van der Waals surface area contributed by atoms with Crippen molar-refractivity contribution in [2.75, 3.05) is 12.3 Å². The summed E-state index contributed by atoms with van der Waals surface area (Å²) in [4.78, 5) is 15.6. The Bertz CT molecular complexity index is 495. The minimum absolute atomic E-state index is 0.252. The molecule has 88 valence electrons. The highest BCUT2D eigenvalue weighted by atomic mass is 16.1. The Morgan fingerprint density at radius 2 is 2.35 bits per heavy atom. The molecule has 2 aromatic rings. The molecule has 0 spiro atoms. The maximum Gasteiger partial charge on any atom is 0.270 e. The van der Waals surface area contributed by atoms with Crippen LogP contribution in [0.25, 0.3) is 0 Å². The number of pyridine rings is 1. The first kappa shape index (κ1) is 11.1. The highest BCUT2D eigenvalue weighted by molar-refractivity contribution is 5.92. The molecule has 0 bridgehead atoms. The smallest absolute Gasteiger partial charge is 0.270 e. The van der Waals surface area contributed by atoms with Gasteiger partial charge in [-0.25, -0.2) is 4.98 Å². The number of nitrogens with one attached hydrogen (secondary N) is 1. The zero-order valence-corrected chi connectivity index (χ0v) is 9.08. The third kappa shape index (κ3) is 3.00. The van der Waals surface area contributed by atoms with Crippen molar-refractivity contribution in [1.82, 2.24) is 25.3 Å². The summed E-state index contributed by atoms with van der Waals surface area (Å²) in [6.45, 7) is 1.02. The van der Waals surface area contributed by atoms with Gasteiger partial charge in [0.2, 0.25) is 0 Å². The summed E-state index contributed by atoms with van der Waals surface area (Å²) in [6.07, 6.45) is 3.31. The molecule has 0 unspecified atom stereocenters. The van der Waals surface area contributed by atoms with E-state index in [-0.39, 0.29) is 5.91 Å². The number of hydrogen-bond donors (Lipinski definition) is 2. The lowest BCUT2D eigenvalue weighted by molar-refractivity contribution is 0.0947. The second-order valence-electron chi connectivity index (χ2n) is 3.37. The Kier molecular flexibility index (Phi) is 3.29. The van der Waals surface area contributed by atoms with Crippen molar-refractivity contribution >= 4 is 11.7 Å². The van der Waals surface area contributed by atoms with Gasteiger partial charge in [0.1, 0.15) is 11.5 Å². The summed E-state index contributed by atoms with van der Waals surface area (Å²) in [7, 11) is 0. The molecule has 0 saturated carbocycles. The summed E-state index contributed by atoms with van der Waals surface area (Å²) in [5.41, 5.74) is 5.80. The fraction of sp³-hybridized carbons (Fsp3) is 0.200. The van der Waals surface area contributed by atoms with E-state index in [2.05, 4.69) is 20.6 Å². The third-order valence-electron chi connectivity index (χ3n) is 2.10. The largest absolute Gasteiger partial charge is 0.384 e. The van der Waals surface area contributed by atoms with Crippen LogP contribution in [0.5, 0.6) is 0 Å². The van der Waals surface area contributed by atoms with Gasteiger partial charge in [0.15, 0.2) is 0 Å². The molecule has 0 aliphatic heterocycles. The van der Waals surface area contributed by atoms with Crippen molar-refractivity contribution in [3.63, 3.8) is 0 Å². The second kappa shape index (κ2) is 5.06. The molecule has 2 aromatic heterocycles. The molecule has 17 heavy (non-hydrogen) atoms. The standard InChI is InChI=1S/C10H12N6O/c11-9-3-1-2-8(14-9)10(17)12-4-6-16-7-5-13-15-16/h1-3,5,7H,4,6H2,(H2,11,14)(H,12,17). The molecule has 2 heterocycles. The summed E-state index contributed by atoms with van der Waals surface area (Å²) >= 11 is 0. The first-order valence-electron chi connectivity index (χ1n) is 5.10. The minimum Gasteiger partial charge on any atom is -0.384 e. The van der Waals surface area contributed by atoms with Gasteiger partial charge in [0.25, 0.3) is 5.91 Å². The van der Waals surface area contributed by atoms with E-state index in [1.165, 1.54) is 0 Å². The third-order valence-corrected chi connectivity index (χ3v) is 2.10.